The van der Waals surface area contributed by atoms with Crippen LogP contribution < -0.4 is 9.64 Å². The summed E-state index contributed by atoms with van der Waals surface area (Å²) in [5.41, 5.74) is 1.66. The second-order valence-electron chi connectivity index (χ2n) is 8.44. The maximum atomic E-state index is 12.3. The van der Waals surface area contributed by atoms with Crippen molar-refractivity contribution in [2.24, 2.45) is 0 Å². The van der Waals surface area contributed by atoms with Gasteiger partial charge in [-0.05, 0) is 45.0 Å². The van der Waals surface area contributed by atoms with Gasteiger partial charge < -0.3 is 24.3 Å². The third-order valence-electron chi connectivity index (χ3n) is 4.98. The van der Waals surface area contributed by atoms with Crippen LogP contribution in [0.25, 0.3) is 11.0 Å². The van der Waals surface area contributed by atoms with Crippen LogP contribution in [0.3, 0.4) is 0 Å². The molecule has 0 bridgehead atoms. The summed E-state index contributed by atoms with van der Waals surface area (Å²) in [4.78, 5) is 23.6. The Morgan fingerprint density at radius 3 is 2.65 bits per heavy atom. The number of amides is 1. The highest BCUT2D eigenvalue weighted by atomic mass is 16.6. The van der Waals surface area contributed by atoms with E-state index in [1.165, 1.54) is 0 Å². The van der Waals surface area contributed by atoms with Gasteiger partial charge in [-0.15, -0.1) is 0 Å². The normalized spacial score (nSPS) is 14.4. The van der Waals surface area contributed by atoms with Crippen LogP contribution in [0.4, 0.5) is 10.5 Å². The van der Waals surface area contributed by atoms with Gasteiger partial charge in [0, 0.05) is 49.5 Å². The Labute approximate surface area is 181 Å². The lowest BCUT2D eigenvalue weighted by molar-refractivity contribution is 0.0240. The van der Waals surface area contributed by atoms with Crippen LogP contribution in [-0.2, 0) is 4.74 Å². The number of piperazine rings is 1. The van der Waals surface area contributed by atoms with Gasteiger partial charge in [-0.3, -0.25) is 0 Å². The standard InChI is InChI=1S/C23H25N5O3/c1-23(2,3)31-22(29)28-10-8-27(9-11-28)18-5-4-17(14-24)20(13-18)30-19-12-16-6-7-25-21(16)26-15-19/h4-7,12-13,15H,8-11H2,1-3H3,(H,25,26). The monoisotopic (exact) mass is 419 g/mol. The zero-order valence-electron chi connectivity index (χ0n) is 17.9. The molecule has 1 fully saturated rings. The molecule has 0 saturated carbocycles. The van der Waals surface area contributed by atoms with Crippen molar-refractivity contribution < 1.29 is 14.3 Å². The van der Waals surface area contributed by atoms with Crippen LogP contribution in [0.2, 0.25) is 0 Å². The Hall–Kier alpha value is -3.73. The molecule has 1 N–H and O–H groups in total. The zero-order valence-corrected chi connectivity index (χ0v) is 17.9. The Balaban J connectivity index is 1.47. The SMILES string of the molecule is CC(C)(C)OC(=O)N1CCN(c2ccc(C#N)c(Oc3cnc4[nH]ccc4c3)c2)CC1. The summed E-state index contributed by atoms with van der Waals surface area (Å²) >= 11 is 0. The number of carbonyl (C=O) groups is 1. The molecule has 2 aromatic heterocycles. The fourth-order valence-corrected chi connectivity index (χ4v) is 3.46. The first-order valence-corrected chi connectivity index (χ1v) is 10.2. The number of benzene rings is 1. The molecule has 0 aliphatic carbocycles. The topological polar surface area (TPSA) is 94.5 Å². The molecule has 31 heavy (non-hydrogen) atoms. The van der Waals surface area contributed by atoms with Gasteiger partial charge in [0.1, 0.15) is 28.8 Å². The summed E-state index contributed by atoms with van der Waals surface area (Å²) in [7, 11) is 0. The van der Waals surface area contributed by atoms with Crippen molar-refractivity contribution in [1.29, 1.82) is 5.26 Å². The molecule has 1 aromatic carbocycles. The maximum absolute atomic E-state index is 12.3. The molecule has 0 spiro atoms. The zero-order chi connectivity index (χ0) is 22.0. The van der Waals surface area contributed by atoms with Crippen LogP contribution >= 0.6 is 0 Å². The fourth-order valence-electron chi connectivity index (χ4n) is 3.46. The predicted molar refractivity (Wildman–Crippen MR) is 117 cm³/mol. The molecule has 3 aromatic rings. The number of rotatable bonds is 3. The number of anilines is 1. The molecule has 8 heteroatoms. The van der Waals surface area contributed by atoms with Crippen molar-refractivity contribution in [2.75, 3.05) is 31.1 Å². The summed E-state index contributed by atoms with van der Waals surface area (Å²) in [5.74, 6) is 1.04. The number of aromatic nitrogens is 2. The quantitative estimate of drug-likeness (QED) is 0.681. The van der Waals surface area contributed by atoms with Crippen LogP contribution in [0.5, 0.6) is 11.5 Å². The number of nitrogens with one attached hydrogen (secondary N) is 1. The van der Waals surface area contributed by atoms with Gasteiger partial charge in [-0.25, -0.2) is 9.78 Å². The molecule has 1 aliphatic heterocycles. The molecule has 160 valence electrons. The van der Waals surface area contributed by atoms with Crippen LogP contribution in [-0.4, -0.2) is 52.7 Å². The first kappa shape index (κ1) is 20.5. The van der Waals surface area contributed by atoms with E-state index in [-0.39, 0.29) is 6.09 Å². The van der Waals surface area contributed by atoms with E-state index in [4.69, 9.17) is 9.47 Å². The Morgan fingerprint density at radius 2 is 1.94 bits per heavy atom. The number of ether oxygens (including phenoxy) is 2. The largest absolute Gasteiger partial charge is 0.454 e. The number of nitriles is 1. The second kappa shape index (κ2) is 8.19. The van der Waals surface area contributed by atoms with Gasteiger partial charge >= 0.3 is 6.09 Å². The molecule has 0 unspecified atom stereocenters. The van der Waals surface area contributed by atoms with Crippen molar-refractivity contribution in [2.45, 2.75) is 26.4 Å². The average molecular weight is 419 g/mol. The van der Waals surface area contributed by atoms with Gasteiger partial charge in [0.2, 0.25) is 0 Å². The molecule has 3 heterocycles. The Kier molecular flexibility index (Phi) is 5.42. The highest BCUT2D eigenvalue weighted by molar-refractivity contribution is 5.76. The van der Waals surface area contributed by atoms with Crippen molar-refractivity contribution in [3.05, 3.63) is 48.3 Å². The van der Waals surface area contributed by atoms with Gasteiger partial charge in [0.05, 0.1) is 11.8 Å². The van der Waals surface area contributed by atoms with Crippen LogP contribution in [0.1, 0.15) is 26.3 Å². The van der Waals surface area contributed by atoms with E-state index in [0.717, 1.165) is 16.7 Å². The number of carbonyl (C=O) groups excluding carboxylic acids is 1. The number of nitrogens with zero attached hydrogens (tertiary/aromatic N) is 4. The number of hydrogen-bond acceptors (Lipinski definition) is 6. The summed E-state index contributed by atoms with van der Waals surface area (Å²) in [5, 5.41) is 10.4. The van der Waals surface area contributed by atoms with E-state index < -0.39 is 5.60 Å². The minimum atomic E-state index is -0.508. The minimum Gasteiger partial charge on any atom is -0.454 e. The van der Waals surface area contributed by atoms with E-state index in [9.17, 15) is 10.1 Å². The van der Waals surface area contributed by atoms with Gasteiger partial charge in [-0.2, -0.15) is 5.26 Å². The highest BCUT2D eigenvalue weighted by Gasteiger charge is 2.26. The van der Waals surface area contributed by atoms with E-state index in [1.54, 1.807) is 17.2 Å². The average Bonchev–Trinajstić information content (AvgIpc) is 3.20. The molecule has 1 aliphatic rings. The van der Waals surface area contributed by atoms with E-state index in [2.05, 4.69) is 20.9 Å². The number of H-pyrrole nitrogens is 1. The lowest BCUT2D eigenvalue weighted by Gasteiger charge is -2.36. The van der Waals surface area contributed by atoms with Crippen molar-refractivity contribution in [3.63, 3.8) is 0 Å². The number of pyridine rings is 1. The summed E-state index contributed by atoms with van der Waals surface area (Å²) < 4.78 is 11.5. The number of hydrogen-bond donors (Lipinski definition) is 1. The van der Waals surface area contributed by atoms with Gasteiger partial charge in [0.25, 0.3) is 0 Å². The molecular weight excluding hydrogens is 394 g/mol. The van der Waals surface area contributed by atoms with E-state index >= 15 is 0 Å². The molecule has 0 atom stereocenters. The van der Waals surface area contributed by atoms with Crippen LogP contribution in [0, 0.1) is 11.3 Å². The van der Waals surface area contributed by atoms with Crippen molar-refractivity contribution in [3.8, 4) is 17.6 Å². The Morgan fingerprint density at radius 1 is 1.16 bits per heavy atom. The summed E-state index contributed by atoms with van der Waals surface area (Å²) in [6.45, 7) is 8.06. The first-order valence-electron chi connectivity index (χ1n) is 10.2. The third kappa shape index (κ3) is 4.72. The predicted octanol–water partition coefficient (Wildman–Crippen LogP) is 4.28. The highest BCUT2D eigenvalue weighted by Crippen LogP contribution is 2.31. The van der Waals surface area contributed by atoms with Crippen molar-refractivity contribution in [1.82, 2.24) is 14.9 Å². The molecule has 0 radical (unpaired) electrons. The maximum Gasteiger partial charge on any atom is 0.410 e. The smallest absolute Gasteiger partial charge is 0.410 e. The molecule has 1 saturated heterocycles. The number of fused-ring (bicyclic) bond motifs is 1. The third-order valence-corrected chi connectivity index (χ3v) is 4.98. The summed E-state index contributed by atoms with van der Waals surface area (Å²) in [6, 6.07) is 11.5. The number of aromatic amines is 1. The van der Waals surface area contributed by atoms with Gasteiger partial charge in [0.15, 0.2) is 0 Å². The van der Waals surface area contributed by atoms with E-state index in [0.29, 0.717) is 43.2 Å². The van der Waals surface area contributed by atoms with Crippen LogP contribution in [0.15, 0.2) is 42.7 Å². The lowest BCUT2D eigenvalue weighted by Crippen LogP contribution is -2.50. The van der Waals surface area contributed by atoms with Gasteiger partial charge in [-0.1, -0.05) is 0 Å². The minimum absolute atomic E-state index is 0.288. The lowest BCUT2D eigenvalue weighted by atomic mass is 10.1. The van der Waals surface area contributed by atoms with E-state index in [1.807, 2.05) is 51.2 Å². The first-order chi connectivity index (χ1) is 14.8. The molecule has 1 amide bonds. The Bertz CT molecular complexity index is 1130. The summed E-state index contributed by atoms with van der Waals surface area (Å²) in [6.07, 6.45) is 3.16. The molecular formula is C23H25N5O3. The van der Waals surface area contributed by atoms with Crippen molar-refractivity contribution >= 4 is 22.8 Å². The molecule has 4 rings (SSSR count). The fraction of sp³-hybridized carbons (Fsp3) is 0.348. The second-order valence-corrected chi connectivity index (χ2v) is 8.44. The molecule has 8 nitrogen and oxygen atoms in total.